The van der Waals surface area contributed by atoms with E-state index in [-0.39, 0.29) is 18.3 Å². The average molecular weight is 346 g/mol. The summed E-state index contributed by atoms with van der Waals surface area (Å²) < 4.78 is 0.461. The van der Waals surface area contributed by atoms with Gasteiger partial charge in [-0.2, -0.15) is 0 Å². The summed E-state index contributed by atoms with van der Waals surface area (Å²) in [6, 6.07) is 6.36. The van der Waals surface area contributed by atoms with Gasteiger partial charge in [0.25, 0.3) is 5.91 Å². The Morgan fingerprint density at radius 1 is 1.13 bits per heavy atom. The predicted octanol–water partition coefficient (Wildman–Crippen LogP) is 2.35. The van der Waals surface area contributed by atoms with Gasteiger partial charge < -0.3 is 15.1 Å². The first kappa shape index (κ1) is 15.8. The normalized spacial score (nSPS) is 17.6. The lowest BCUT2D eigenvalue weighted by Crippen LogP contribution is -2.27. The summed E-state index contributed by atoms with van der Waals surface area (Å²) in [5.74, 6) is -0.0368. The Bertz CT molecular complexity index is 722. The Labute approximate surface area is 143 Å². The average Bonchev–Trinajstić information content (AvgIpc) is 2.84. The van der Waals surface area contributed by atoms with Gasteiger partial charge in [0.1, 0.15) is 5.75 Å². The first-order chi connectivity index (χ1) is 11.1. The molecule has 1 fully saturated rings. The number of carbonyl (C=O) groups excluding carboxylic acids is 1. The van der Waals surface area contributed by atoms with Crippen molar-refractivity contribution >= 4 is 39.9 Å². The van der Waals surface area contributed by atoms with Crippen LogP contribution in [0.25, 0.3) is 0 Å². The summed E-state index contributed by atoms with van der Waals surface area (Å²) in [5, 5.41) is 18.3. The molecule has 23 heavy (non-hydrogen) atoms. The number of thiocarbonyl (C=S) groups is 1. The highest BCUT2D eigenvalue weighted by molar-refractivity contribution is 8.27. The topological polar surface area (TPSA) is 64.0 Å². The highest BCUT2D eigenvalue weighted by Gasteiger charge is 2.34. The number of allylic oxidation sites excluding steroid dienone is 3. The fourth-order valence-corrected chi connectivity index (χ4v) is 3.57. The molecule has 1 aromatic carbocycles. The van der Waals surface area contributed by atoms with Gasteiger partial charge in [0.05, 0.1) is 17.2 Å². The number of amides is 1. The van der Waals surface area contributed by atoms with E-state index in [2.05, 4.69) is 0 Å². The zero-order chi connectivity index (χ0) is 16.4. The molecule has 7 heteroatoms. The SMILES string of the molecule is O=C1C(=C2C=CN(CCO)C=C2)SC(=S)N1c1ccc(O)cc1. The van der Waals surface area contributed by atoms with Crippen molar-refractivity contribution in [2.45, 2.75) is 0 Å². The molecule has 0 aromatic heterocycles. The third-order valence-corrected chi connectivity index (χ3v) is 4.79. The fourth-order valence-electron chi connectivity index (χ4n) is 2.24. The summed E-state index contributed by atoms with van der Waals surface area (Å²) in [6.07, 6.45) is 7.30. The number of β-amino-alcohol motifs (C(OH)–C–C–N with tert-alkyl or cyclic N) is 1. The molecule has 5 nitrogen and oxygen atoms in total. The third kappa shape index (κ3) is 3.17. The molecule has 2 aliphatic heterocycles. The van der Waals surface area contributed by atoms with Crippen LogP contribution in [0.3, 0.4) is 0 Å². The minimum absolute atomic E-state index is 0.0625. The molecule has 1 saturated heterocycles. The van der Waals surface area contributed by atoms with Gasteiger partial charge in [0.2, 0.25) is 0 Å². The largest absolute Gasteiger partial charge is 0.508 e. The van der Waals surface area contributed by atoms with Crippen LogP contribution in [0, 0.1) is 0 Å². The van der Waals surface area contributed by atoms with E-state index in [1.807, 2.05) is 29.5 Å². The number of hydrogen-bond donors (Lipinski definition) is 2. The summed E-state index contributed by atoms with van der Waals surface area (Å²) in [6.45, 7) is 0.571. The summed E-state index contributed by atoms with van der Waals surface area (Å²) in [4.78, 5) is 16.6. The standard InChI is InChI=1S/C16H14N2O3S2/c19-10-9-17-7-5-11(6-8-17)14-15(21)18(16(22)23-14)12-1-3-13(20)4-2-12/h1-8,19-20H,9-10H2. The van der Waals surface area contributed by atoms with Crippen LogP contribution in [-0.2, 0) is 4.79 Å². The van der Waals surface area contributed by atoms with E-state index >= 15 is 0 Å². The molecule has 3 rings (SSSR count). The first-order valence-electron chi connectivity index (χ1n) is 6.93. The molecule has 118 valence electrons. The Hall–Kier alpha value is -2.09. The molecule has 1 amide bonds. The van der Waals surface area contributed by atoms with Crippen molar-refractivity contribution in [3.05, 3.63) is 59.3 Å². The maximum Gasteiger partial charge on any atom is 0.271 e. The monoisotopic (exact) mass is 346 g/mol. The van der Waals surface area contributed by atoms with Crippen LogP contribution in [0.15, 0.2) is 59.3 Å². The van der Waals surface area contributed by atoms with Gasteiger partial charge in [0, 0.05) is 18.9 Å². The Balaban J connectivity index is 1.87. The van der Waals surface area contributed by atoms with Crippen molar-refractivity contribution in [1.82, 2.24) is 4.90 Å². The van der Waals surface area contributed by atoms with Gasteiger partial charge in [-0.25, -0.2) is 0 Å². The minimum Gasteiger partial charge on any atom is -0.508 e. The van der Waals surface area contributed by atoms with Gasteiger partial charge in [-0.1, -0.05) is 24.0 Å². The lowest BCUT2D eigenvalue weighted by molar-refractivity contribution is -0.113. The van der Waals surface area contributed by atoms with Gasteiger partial charge in [-0.15, -0.1) is 0 Å². The number of aromatic hydroxyl groups is 1. The van der Waals surface area contributed by atoms with Gasteiger partial charge in [-0.05, 0) is 42.0 Å². The van der Waals surface area contributed by atoms with Crippen molar-refractivity contribution in [2.75, 3.05) is 18.1 Å². The van der Waals surface area contributed by atoms with Gasteiger partial charge in [-0.3, -0.25) is 9.69 Å². The lowest BCUT2D eigenvalue weighted by Gasteiger charge is -2.18. The van der Waals surface area contributed by atoms with Crippen LogP contribution in [0.5, 0.6) is 5.75 Å². The molecule has 0 aliphatic carbocycles. The van der Waals surface area contributed by atoms with Crippen LogP contribution >= 0.6 is 24.0 Å². The van der Waals surface area contributed by atoms with Crippen molar-refractivity contribution in [3.8, 4) is 5.75 Å². The molecule has 0 spiro atoms. The van der Waals surface area contributed by atoms with E-state index in [9.17, 15) is 9.90 Å². The number of phenolic OH excluding ortho intramolecular Hbond substituents is 1. The van der Waals surface area contributed by atoms with E-state index in [0.29, 0.717) is 21.5 Å². The van der Waals surface area contributed by atoms with Crippen LogP contribution in [0.2, 0.25) is 0 Å². The number of anilines is 1. The van der Waals surface area contributed by atoms with Crippen LogP contribution in [0.4, 0.5) is 5.69 Å². The highest BCUT2D eigenvalue weighted by Crippen LogP contribution is 2.38. The Morgan fingerprint density at radius 3 is 2.39 bits per heavy atom. The van der Waals surface area contributed by atoms with E-state index in [1.54, 1.807) is 12.1 Å². The second-order valence-electron chi connectivity index (χ2n) is 4.90. The molecular formula is C16H14N2O3S2. The lowest BCUT2D eigenvalue weighted by atomic mass is 10.2. The number of carbonyl (C=O) groups is 1. The Kier molecular flexibility index (Phi) is 4.51. The van der Waals surface area contributed by atoms with Crippen LogP contribution in [0.1, 0.15) is 0 Å². The van der Waals surface area contributed by atoms with E-state index < -0.39 is 0 Å². The predicted molar refractivity (Wildman–Crippen MR) is 94.9 cm³/mol. The van der Waals surface area contributed by atoms with Crippen LogP contribution in [-0.4, -0.2) is 38.5 Å². The summed E-state index contributed by atoms with van der Waals surface area (Å²) in [5.41, 5.74) is 1.42. The van der Waals surface area contributed by atoms with Crippen molar-refractivity contribution in [2.24, 2.45) is 0 Å². The summed E-state index contributed by atoms with van der Waals surface area (Å²) >= 11 is 6.58. The molecule has 0 radical (unpaired) electrons. The first-order valence-corrected chi connectivity index (χ1v) is 8.15. The zero-order valence-corrected chi connectivity index (χ0v) is 13.7. The van der Waals surface area contributed by atoms with E-state index in [1.165, 1.54) is 28.8 Å². The molecule has 2 aliphatic rings. The number of nitrogens with zero attached hydrogens (tertiary/aromatic N) is 2. The van der Waals surface area contributed by atoms with Crippen molar-refractivity contribution in [1.29, 1.82) is 0 Å². The molecule has 2 N–H and O–H groups in total. The number of thioether (sulfide) groups is 1. The fraction of sp³-hybridized carbons (Fsp3) is 0.125. The number of benzene rings is 1. The van der Waals surface area contributed by atoms with E-state index in [4.69, 9.17) is 17.3 Å². The molecular weight excluding hydrogens is 332 g/mol. The molecule has 0 unspecified atom stereocenters. The number of rotatable bonds is 3. The molecule has 2 heterocycles. The minimum atomic E-state index is -0.175. The molecule has 0 atom stereocenters. The number of hydrogen-bond acceptors (Lipinski definition) is 6. The second-order valence-corrected chi connectivity index (χ2v) is 6.55. The van der Waals surface area contributed by atoms with E-state index in [0.717, 1.165) is 5.57 Å². The third-order valence-electron chi connectivity index (χ3n) is 3.39. The molecule has 0 saturated carbocycles. The quantitative estimate of drug-likeness (QED) is 0.647. The van der Waals surface area contributed by atoms with Gasteiger partial charge >= 0.3 is 0 Å². The second kappa shape index (κ2) is 6.57. The summed E-state index contributed by atoms with van der Waals surface area (Å²) in [7, 11) is 0. The van der Waals surface area contributed by atoms with Crippen LogP contribution < -0.4 is 4.90 Å². The molecule has 0 bridgehead atoms. The van der Waals surface area contributed by atoms with Crippen molar-refractivity contribution in [3.63, 3.8) is 0 Å². The maximum absolute atomic E-state index is 12.7. The number of aliphatic hydroxyl groups excluding tert-OH is 1. The maximum atomic E-state index is 12.7. The number of aliphatic hydroxyl groups is 1. The smallest absolute Gasteiger partial charge is 0.271 e. The molecule has 1 aromatic rings. The zero-order valence-electron chi connectivity index (χ0n) is 12.0. The number of phenols is 1. The Morgan fingerprint density at radius 2 is 1.78 bits per heavy atom. The van der Waals surface area contributed by atoms with Crippen molar-refractivity contribution < 1.29 is 15.0 Å². The van der Waals surface area contributed by atoms with Gasteiger partial charge in [0.15, 0.2) is 4.32 Å². The highest BCUT2D eigenvalue weighted by atomic mass is 32.2.